The van der Waals surface area contributed by atoms with Crippen molar-refractivity contribution in [2.24, 2.45) is 5.92 Å². The Bertz CT molecular complexity index is 301. The Morgan fingerprint density at radius 2 is 2.14 bits per heavy atom. The molecule has 0 saturated carbocycles. The minimum absolute atomic E-state index is 0.430. The first-order chi connectivity index (χ1) is 6.63. The highest BCUT2D eigenvalue weighted by atomic mass is 32.2. The summed E-state index contributed by atoms with van der Waals surface area (Å²) in [6.45, 7) is 4.42. The van der Waals surface area contributed by atoms with Crippen molar-refractivity contribution in [2.45, 2.75) is 25.3 Å². The van der Waals surface area contributed by atoms with Crippen molar-refractivity contribution in [3.63, 3.8) is 0 Å². The highest BCUT2D eigenvalue weighted by Crippen LogP contribution is 2.23. The van der Waals surface area contributed by atoms with E-state index in [-0.39, 0.29) is 0 Å². The van der Waals surface area contributed by atoms with Crippen LogP contribution >= 0.6 is 11.8 Å². The third-order valence-electron chi connectivity index (χ3n) is 2.14. The van der Waals surface area contributed by atoms with Gasteiger partial charge in [-0.15, -0.1) is 11.8 Å². The molecular weight excluding hydrogens is 194 g/mol. The second kappa shape index (κ2) is 5.10. The lowest BCUT2D eigenvalue weighted by atomic mass is 10.2. The predicted molar refractivity (Wildman–Crippen MR) is 63.2 cm³/mol. The molecule has 4 N–H and O–H groups in total. The number of nitrogen functional groups attached to an aromatic ring is 2. The summed E-state index contributed by atoms with van der Waals surface area (Å²) in [5.41, 5.74) is 11.7. The Hall–Kier alpha value is -0.900. The zero-order valence-corrected chi connectivity index (χ0v) is 9.47. The van der Waals surface area contributed by atoms with E-state index < -0.39 is 0 Å². The second-order valence-corrected chi connectivity index (χ2v) is 4.49. The monoisotopic (exact) mass is 211 g/mol. The van der Waals surface area contributed by atoms with E-state index in [4.69, 9.17) is 11.5 Å². The van der Waals surface area contributed by atoms with E-state index in [1.807, 2.05) is 6.07 Å². The van der Waals surface area contributed by atoms with Crippen molar-refractivity contribution >= 4 is 23.3 Å². The normalized spacial score (nSPS) is 12.7. The molecule has 1 aromatic heterocycles. The highest BCUT2D eigenvalue weighted by molar-refractivity contribution is 7.99. The molecule has 1 rings (SSSR count). The van der Waals surface area contributed by atoms with Crippen molar-refractivity contribution in [1.82, 2.24) is 4.98 Å². The van der Waals surface area contributed by atoms with Gasteiger partial charge in [0, 0.05) is 5.75 Å². The van der Waals surface area contributed by atoms with Gasteiger partial charge in [0.2, 0.25) is 0 Å². The number of nitrogens with two attached hydrogens (primary N) is 2. The van der Waals surface area contributed by atoms with Crippen LogP contribution in [0.1, 0.15) is 20.3 Å². The molecule has 0 aliphatic rings. The zero-order chi connectivity index (χ0) is 10.6. The maximum Gasteiger partial charge on any atom is 0.147 e. The molecule has 4 heteroatoms. The van der Waals surface area contributed by atoms with E-state index >= 15 is 0 Å². The molecule has 0 aromatic carbocycles. The summed E-state index contributed by atoms with van der Waals surface area (Å²) in [4.78, 5) is 4.19. The molecule has 0 amide bonds. The van der Waals surface area contributed by atoms with Gasteiger partial charge in [-0.25, -0.2) is 4.98 Å². The lowest BCUT2D eigenvalue weighted by molar-refractivity contribution is 0.636. The number of pyridine rings is 1. The summed E-state index contributed by atoms with van der Waals surface area (Å²) in [5.74, 6) is 2.21. The highest BCUT2D eigenvalue weighted by Gasteiger charge is 2.03. The third-order valence-corrected chi connectivity index (χ3v) is 3.40. The van der Waals surface area contributed by atoms with Crippen molar-refractivity contribution in [2.75, 3.05) is 17.2 Å². The van der Waals surface area contributed by atoms with Crippen LogP contribution in [0, 0.1) is 5.92 Å². The van der Waals surface area contributed by atoms with Gasteiger partial charge >= 0.3 is 0 Å². The van der Waals surface area contributed by atoms with Crippen LogP contribution in [0.2, 0.25) is 0 Å². The molecule has 0 aliphatic carbocycles. The van der Waals surface area contributed by atoms with Crippen LogP contribution in [-0.2, 0) is 0 Å². The number of anilines is 2. The van der Waals surface area contributed by atoms with Crippen LogP contribution in [0.4, 0.5) is 11.5 Å². The molecule has 0 radical (unpaired) electrons. The molecule has 1 atom stereocenters. The number of nitrogens with zero attached hydrogens (tertiary/aromatic N) is 1. The minimum Gasteiger partial charge on any atom is -0.396 e. The maximum absolute atomic E-state index is 5.61. The lowest BCUT2D eigenvalue weighted by Crippen LogP contribution is -2.00. The van der Waals surface area contributed by atoms with E-state index in [1.54, 1.807) is 17.8 Å². The number of aromatic nitrogens is 1. The average molecular weight is 211 g/mol. The zero-order valence-electron chi connectivity index (χ0n) is 8.66. The first-order valence-electron chi connectivity index (χ1n) is 4.78. The van der Waals surface area contributed by atoms with Gasteiger partial charge in [-0.1, -0.05) is 20.3 Å². The van der Waals surface area contributed by atoms with Gasteiger partial charge < -0.3 is 11.5 Å². The van der Waals surface area contributed by atoms with Crippen molar-refractivity contribution in [3.05, 3.63) is 12.1 Å². The second-order valence-electron chi connectivity index (χ2n) is 3.45. The van der Waals surface area contributed by atoms with Crippen LogP contribution in [0.3, 0.4) is 0 Å². The Labute approximate surface area is 89.3 Å². The van der Waals surface area contributed by atoms with Gasteiger partial charge in [0.25, 0.3) is 0 Å². The summed E-state index contributed by atoms with van der Waals surface area (Å²) >= 11 is 1.73. The molecule has 1 unspecified atom stereocenters. The number of rotatable bonds is 4. The van der Waals surface area contributed by atoms with E-state index in [2.05, 4.69) is 18.8 Å². The summed E-state index contributed by atoms with van der Waals surface area (Å²) in [5, 5.41) is 0.956. The van der Waals surface area contributed by atoms with Crippen LogP contribution in [0.25, 0.3) is 0 Å². The third kappa shape index (κ3) is 3.10. The molecule has 0 spiro atoms. The largest absolute Gasteiger partial charge is 0.396 e. The Balaban J connectivity index is 2.55. The van der Waals surface area contributed by atoms with Gasteiger partial charge in [-0.2, -0.15) is 0 Å². The van der Waals surface area contributed by atoms with Crippen LogP contribution in [0.15, 0.2) is 17.2 Å². The molecular formula is C10H17N3S. The standard InChI is InChI=1S/C10H17N3S/c1-3-7(2)6-14-9-5-4-8(11)10(12)13-9/h4-5,7H,3,6,11H2,1-2H3,(H2,12,13). The van der Waals surface area contributed by atoms with Crippen LogP contribution < -0.4 is 11.5 Å². The molecule has 0 fully saturated rings. The molecule has 3 nitrogen and oxygen atoms in total. The Morgan fingerprint density at radius 3 is 2.71 bits per heavy atom. The van der Waals surface area contributed by atoms with E-state index in [0.717, 1.165) is 10.8 Å². The summed E-state index contributed by atoms with van der Waals surface area (Å²) in [6, 6.07) is 3.72. The van der Waals surface area contributed by atoms with E-state index in [9.17, 15) is 0 Å². The van der Waals surface area contributed by atoms with Gasteiger partial charge in [0.15, 0.2) is 0 Å². The van der Waals surface area contributed by atoms with Crippen molar-refractivity contribution in [1.29, 1.82) is 0 Å². The number of hydrogen-bond donors (Lipinski definition) is 2. The topological polar surface area (TPSA) is 64.9 Å². The SMILES string of the molecule is CCC(C)CSc1ccc(N)c(N)n1. The summed E-state index contributed by atoms with van der Waals surface area (Å²) < 4.78 is 0. The van der Waals surface area contributed by atoms with E-state index in [1.165, 1.54) is 6.42 Å². The first-order valence-corrected chi connectivity index (χ1v) is 5.76. The van der Waals surface area contributed by atoms with Crippen molar-refractivity contribution in [3.8, 4) is 0 Å². The maximum atomic E-state index is 5.61. The molecule has 0 bridgehead atoms. The van der Waals surface area contributed by atoms with Crippen LogP contribution in [-0.4, -0.2) is 10.7 Å². The molecule has 1 aromatic rings. The summed E-state index contributed by atoms with van der Waals surface area (Å²) in [6.07, 6.45) is 1.19. The fourth-order valence-corrected chi connectivity index (χ4v) is 1.91. The number of hydrogen-bond acceptors (Lipinski definition) is 4. The first kappa shape index (κ1) is 11.2. The number of thioether (sulfide) groups is 1. The van der Waals surface area contributed by atoms with Gasteiger partial charge in [0.05, 0.1) is 10.7 Å². The van der Waals surface area contributed by atoms with Gasteiger partial charge in [-0.3, -0.25) is 0 Å². The molecule has 0 saturated heterocycles. The lowest BCUT2D eigenvalue weighted by Gasteiger charge is -2.07. The fraction of sp³-hybridized carbons (Fsp3) is 0.500. The van der Waals surface area contributed by atoms with Crippen molar-refractivity contribution < 1.29 is 0 Å². The Morgan fingerprint density at radius 1 is 1.43 bits per heavy atom. The average Bonchev–Trinajstić information content (AvgIpc) is 2.19. The predicted octanol–water partition coefficient (Wildman–Crippen LogP) is 2.38. The minimum atomic E-state index is 0.430. The molecule has 1 heterocycles. The van der Waals surface area contributed by atoms with E-state index in [0.29, 0.717) is 17.4 Å². The van der Waals surface area contributed by atoms with Crippen LogP contribution in [0.5, 0.6) is 0 Å². The smallest absolute Gasteiger partial charge is 0.147 e. The van der Waals surface area contributed by atoms with Gasteiger partial charge in [-0.05, 0) is 18.1 Å². The quantitative estimate of drug-likeness (QED) is 0.750. The molecule has 0 aliphatic heterocycles. The summed E-state index contributed by atoms with van der Waals surface area (Å²) in [7, 11) is 0. The van der Waals surface area contributed by atoms with Gasteiger partial charge in [0.1, 0.15) is 5.82 Å². The molecule has 14 heavy (non-hydrogen) atoms. The molecule has 78 valence electrons. The Kier molecular flexibility index (Phi) is 4.07. The fourth-order valence-electron chi connectivity index (χ4n) is 0.893.